The van der Waals surface area contributed by atoms with E-state index in [1.165, 1.54) is 16.4 Å². The molecule has 1 rings (SSSR count). The molecule has 2 nitrogen and oxygen atoms in total. The van der Waals surface area contributed by atoms with Crippen molar-refractivity contribution in [1.29, 1.82) is 0 Å². The molecule has 0 spiro atoms. The SMILES string of the molecule is C=[C]([C@@H]1CCC[C@H]1NS(=O)C(C)(C)C)[Sn]([CH3])([CH3])[CH3]. The Kier molecular flexibility index (Phi) is 5.53. The molecule has 1 aliphatic carbocycles. The average Bonchev–Trinajstić information content (AvgIpc) is 2.61. The molecular weight excluding hydrogens is 349 g/mol. The first-order chi connectivity index (χ1) is 8.03. The van der Waals surface area contributed by atoms with Crippen molar-refractivity contribution in [2.45, 2.75) is 65.6 Å². The summed E-state index contributed by atoms with van der Waals surface area (Å²) in [5.41, 5.74) is 0. The van der Waals surface area contributed by atoms with Gasteiger partial charge in [-0.15, -0.1) is 0 Å². The molecule has 0 amide bonds. The van der Waals surface area contributed by atoms with Crippen LogP contribution in [0.3, 0.4) is 0 Å². The number of hydrogen-bond acceptors (Lipinski definition) is 1. The van der Waals surface area contributed by atoms with Gasteiger partial charge in [-0.2, -0.15) is 0 Å². The molecule has 0 bridgehead atoms. The maximum absolute atomic E-state index is 12.2. The minimum atomic E-state index is -2.03. The average molecular weight is 378 g/mol. The fourth-order valence-corrected chi connectivity index (χ4v) is 7.46. The Bertz CT molecular complexity index is 341. The van der Waals surface area contributed by atoms with Crippen LogP contribution in [0.5, 0.6) is 0 Å². The quantitative estimate of drug-likeness (QED) is 0.744. The first-order valence-corrected chi connectivity index (χ1v) is 18.0. The van der Waals surface area contributed by atoms with Crippen molar-refractivity contribution in [3.8, 4) is 0 Å². The van der Waals surface area contributed by atoms with Crippen LogP contribution in [0.25, 0.3) is 0 Å². The molecule has 1 fully saturated rings. The van der Waals surface area contributed by atoms with Crippen LogP contribution < -0.4 is 4.72 Å². The summed E-state index contributed by atoms with van der Waals surface area (Å²) in [4.78, 5) is 7.27. The molecule has 106 valence electrons. The zero-order chi connectivity index (χ0) is 14.1. The van der Waals surface area contributed by atoms with E-state index in [0.29, 0.717) is 12.0 Å². The molecule has 0 aromatic carbocycles. The van der Waals surface area contributed by atoms with E-state index in [1.807, 2.05) is 20.8 Å². The van der Waals surface area contributed by atoms with Crippen LogP contribution in [0.1, 0.15) is 40.0 Å². The van der Waals surface area contributed by atoms with Gasteiger partial charge in [0, 0.05) is 0 Å². The van der Waals surface area contributed by atoms with Gasteiger partial charge in [0.2, 0.25) is 0 Å². The molecule has 3 atom stereocenters. The van der Waals surface area contributed by atoms with Crippen molar-refractivity contribution in [3.63, 3.8) is 0 Å². The molecule has 0 radical (unpaired) electrons. The first-order valence-electron chi connectivity index (χ1n) is 6.91. The van der Waals surface area contributed by atoms with Crippen molar-refractivity contribution in [2.75, 3.05) is 0 Å². The van der Waals surface area contributed by atoms with Crippen LogP contribution in [-0.4, -0.2) is 33.4 Å². The molecular formula is C14H29NOSSn. The van der Waals surface area contributed by atoms with Gasteiger partial charge in [0.05, 0.1) is 0 Å². The summed E-state index contributed by atoms with van der Waals surface area (Å²) in [5, 5.41) is 0. The van der Waals surface area contributed by atoms with Crippen LogP contribution in [-0.2, 0) is 11.0 Å². The van der Waals surface area contributed by atoms with Gasteiger partial charge >= 0.3 is 120 Å². The van der Waals surface area contributed by atoms with E-state index in [9.17, 15) is 4.21 Å². The third kappa shape index (κ3) is 4.34. The van der Waals surface area contributed by atoms with Crippen LogP contribution >= 0.6 is 0 Å². The van der Waals surface area contributed by atoms with Gasteiger partial charge in [-0.1, -0.05) is 0 Å². The molecule has 0 heterocycles. The van der Waals surface area contributed by atoms with Crippen molar-refractivity contribution in [3.05, 3.63) is 10.2 Å². The fourth-order valence-electron chi connectivity index (χ4n) is 2.39. The Morgan fingerprint density at radius 1 is 1.28 bits per heavy atom. The topological polar surface area (TPSA) is 29.1 Å². The fraction of sp³-hybridized carbons (Fsp3) is 0.857. The number of rotatable bonds is 4. The second-order valence-electron chi connectivity index (χ2n) is 7.42. The molecule has 4 heteroatoms. The summed E-state index contributed by atoms with van der Waals surface area (Å²) in [5.74, 6) is 0.562. The van der Waals surface area contributed by atoms with Crippen molar-refractivity contribution >= 4 is 29.4 Å². The monoisotopic (exact) mass is 379 g/mol. The van der Waals surface area contributed by atoms with E-state index in [-0.39, 0.29) is 4.75 Å². The summed E-state index contributed by atoms with van der Waals surface area (Å²) in [6.45, 7) is 10.5. The summed E-state index contributed by atoms with van der Waals surface area (Å²) >= 11 is -2.03. The molecule has 0 aromatic rings. The third-order valence-corrected chi connectivity index (χ3v) is 11.9. The zero-order valence-corrected chi connectivity index (χ0v) is 16.5. The molecule has 18 heavy (non-hydrogen) atoms. The molecule has 1 N–H and O–H groups in total. The van der Waals surface area contributed by atoms with E-state index in [1.54, 1.807) is 0 Å². The van der Waals surface area contributed by atoms with Crippen LogP contribution in [0.15, 0.2) is 10.2 Å². The molecule has 1 unspecified atom stereocenters. The number of hydrogen-bond donors (Lipinski definition) is 1. The van der Waals surface area contributed by atoms with Gasteiger partial charge < -0.3 is 0 Å². The Morgan fingerprint density at radius 3 is 2.28 bits per heavy atom. The second kappa shape index (κ2) is 5.96. The standard InChI is InChI=1S/C11H20NOS.3CH3.Sn/c1-5-9-7-6-8-10(9)12-14(13)11(2,3)4;;;;/h9-10,12H,1,6-8H2,2-4H3;3*1H3;/t9-,10-,14?;;;;/m1..../s1. The molecule has 1 saturated carbocycles. The summed E-state index contributed by atoms with van der Waals surface area (Å²) in [7, 11) is -0.959. The summed E-state index contributed by atoms with van der Waals surface area (Å²) < 4.78 is 16.9. The molecule has 0 saturated heterocycles. The Labute approximate surface area is 119 Å². The molecule has 0 aromatic heterocycles. The van der Waals surface area contributed by atoms with E-state index in [4.69, 9.17) is 0 Å². The van der Waals surface area contributed by atoms with E-state index in [0.717, 1.165) is 6.42 Å². The summed E-state index contributed by atoms with van der Waals surface area (Å²) in [6, 6.07) is 0.383. The van der Waals surface area contributed by atoms with Crippen molar-refractivity contribution in [1.82, 2.24) is 4.72 Å². The third-order valence-electron chi connectivity index (χ3n) is 3.74. The Balaban J connectivity index is 2.72. The van der Waals surface area contributed by atoms with Gasteiger partial charge in [0.1, 0.15) is 0 Å². The van der Waals surface area contributed by atoms with Gasteiger partial charge in [-0.25, -0.2) is 0 Å². The Morgan fingerprint density at radius 2 is 1.83 bits per heavy atom. The van der Waals surface area contributed by atoms with Gasteiger partial charge in [-0.3, -0.25) is 0 Å². The van der Waals surface area contributed by atoms with E-state index >= 15 is 0 Å². The second-order valence-corrected chi connectivity index (χ2v) is 24.1. The van der Waals surface area contributed by atoms with E-state index < -0.39 is 29.4 Å². The number of nitrogens with one attached hydrogen (secondary N) is 1. The minimum absolute atomic E-state index is 0.181. The Hall–Kier alpha value is 0.649. The normalized spacial score (nSPS) is 27.2. The molecule has 0 aliphatic heterocycles. The molecule has 1 aliphatic rings. The first kappa shape index (κ1) is 16.7. The van der Waals surface area contributed by atoms with Crippen molar-refractivity contribution < 1.29 is 4.21 Å². The van der Waals surface area contributed by atoms with Crippen LogP contribution in [0, 0.1) is 5.92 Å². The predicted molar refractivity (Wildman–Crippen MR) is 84.6 cm³/mol. The van der Waals surface area contributed by atoms with E-state index in [2.05, 4.69) is 26.1 Å². The van der Waals surface area contributed by atoms with Crippen LogP contribution in [0.2, 0.25) is 14.8 Å². The van der Waals surface area contributed by atoms with Gasteiger partial charge in [-0.05, 0) is 0 Å². The summed E-state index contributed by atoms with van der Waals surface area (Å²) in [6.07, 6.45) is 3.62. The van der Waals surface area contributed by atoms with Crippen LogP contribution in [0.4, 0.5) is 0 Å². The zero-order valence-electron chi connectivity index (χ0n) is 12.8. The van der Waals surface area contributed by atoms with Gasteiger partial charge in [0.25, 0.3) is 0 Å². The maximum atomic E-state index is 12.2. The predicted octanol–water partition coefficient (Wildman–Crippen LogP) is 3.64. The van der Waals surface area contributed by atoms with Gasteiger partial charge in [0.15, 0.2) is 0 Å². The van der Waals surface area contributed by atoms with Crippen molar-refractivity contribution in [2.24, 2.45) is 5.92 Å².